The van der Waals surface area contributed by atoms with Gasteiger partial charge in [0.05, 0.1) is 11.2 Å². The van der Waals surface area contributed by atoms with Gasteiger partial charge in [-0.05, 0) is 50.7 Å². The summed E-state index contributed by atoms with van der Waals surface area (Å²) in [4.78, 5) is 26.3. The molecule has 1 aromatic heterocycles. The predicted molar refractivity (Wildman–Crippen MR) is 137 cm³/mol. The van der Waals surface area contributed by atoms with Crippen LogP contribution in [-0.4, -0.2) is 59.9 Å². The van der Waals surface area contributed by atoms with Crippen LogP contribution in [0.2, 0.25) is 0 Å². The van der Waals surface area contributed by atoms with Crippen molar-refractivity contribution in [3.8, 4) is 0 Å². The van der Waals surface area contributed by atoms with Crippen molar-refractivity contribution in [2.45, 2.75) is 70.6 Å². The number of hydrogen-bond donors (Lipinski definition) is 4. The van der Waals surface area contributed by atoms with Crippen LogP contribution in [0.3, 0.4) is 0 Å². The van der Waals surface area contributed by atoms with E-state index in [4.69, 9.17) is 5.73 Å². The molecule has 2 fully saturated rings. The van der Waals surface area contributed by atoms with Gasteiger partial charge >= 0.3 is 5.97 Å². The number of carboxylic acids is 1. The lowest BCUT2D eigenvalue weighted by molar-refractivity contribution is 0.0695. The lowest BCUT2D eigenvalue weighted by atomic mass is 10.0. The molecule has 3 atom stereocenters. The van der Waals surface area contributed by atoms with Crippen LogP contribution in [0.1, 0.15) is 62.9 Å². The number of rotatable bonds is 11. The summed E-state index contributed by atoms with van der Waals surface area (Å²) in [5.74, 6) is -1.19. The first kappa shape index (κ1) is 25.6. The maximum absolute atomic E-state index is 15.2. The first-order valence-electron chi connectivity index (χ1n) is 12.7. The minimum atomic E-state index is -1.28. The Kier molecular flexibility index (Phi) is 7.78. The molecule has 192 valence electrons. The lowest BCUT2D eigenvalue weighted by Gasteiger charge is -2.23. The number of halogens is 1. The Labute approximate surface area is 205 Å². The van der Waals surface area contributed by atoms with Crippen molar-refractivity contribution in [3.63, 3.8) is 0 Å². The molecular formula is C26H38FN5O3. The summed E-state index contributed by atoms with van der Waals surface area (Å²) in [7, 11) is 0. The number of fused-ring (bicyclic) bond motifs is 1. The van der Waals surface area contributed by atoms with Crippen molar-refractivity contribution in [3.05, 3.63) is 39.9 Å². The number of nitrogens with zero attached hydrogens (tertiary/aromatic N) is 2. The van der Waals surface area contributed by atoms with Gasteiger partial charge in [-0.3, -0.25) is 4.79 Å². The summed E-state index contributed by atoms with van der Waals surface area (Å²) in [5, 5.41) is 16.6. The number of pyridine rings is 1. The molecule has 1 saturated carbocycles. The molecule has 8 nitrogen and oxygen atoms in total. The average molecular weight is 488 g/mol. The highest BCUT2D eigenvalue weighted by Crippen LogP contribution is 2.38. The van der Waals surface area contributed by atoms with Gasteiger partial charge in [0.1, 0.15) is 11.4 Å². The SMILES string of the molecule is CC(C)C[C@H](N)CN[C@@H](C)CN[C@H]1CCN(c2cc3c(cc2F)c(=O)c(C(=O)O)cn3C2CC2)C1. The van der Waals surface area contributed by atoms with Crippen LogP contribution in [0.5, 0.6) is 0 Å². The largest absolute Gasteiger partial charge is 0.477 e. The smallest absolute Gasteiger partial charge is 0.341 e. The van der Waals surface area contributed by atoms with Gasteiger partial charge in [-0.2, -0.15) is 0 Å². The number of hydrogen-bond acceptors (Lipinski definition) is 6. The third kappa shape index (κ3) is 6.02. The Morgan fingerprint density at radius 3 is 2.63 bits per heavy atom. The second kappa shape index (κ2) is 10.6. The molecule has 0 radical (unpaired) electrons. The molecule has 1 aliphatic heterocycles. The Morgan fingerprint density at radius 2 is 1.97 bits per heavy atom. The van der Waals surface area contributed by atoms with Crippen LogP contribution in [0.4, 0.5) is 10.1 Å². The van der Waals surface area contributed by atoms with E-state index in [1.807, 2.05) is 9.47 Å². The molecule has 1 aromatic carbocycles. The number of aromatic carboxylic acids is 1. The van der Waals surface area contributed by atoms with E-state index in [0.717, 1.165) is 38.8 Å². The number of aromatic nitrogens is 1. The average Bonchev–Trinajstić information content (AvgIpc) is 3.53. The van der Waals surface area contributed by atoms with Crippen LogP contribution in [-0.2, 0) is 0 Å². The molecule has 0 unspecified atom stereocenters. The highest BCUT2D eigenvalue weighted by molar-refractivity contribution is 5.93. The molecule has 2 aliphatic rings. The zero-order valence-electron chi connectivity index (χ0n) is 20.9. The molecule has 4 rings (SSSR count). The Hall–Kier alpha value is -2.49. The van der Waals surface area contributed by atoms with E-state index >= 15 is 4.39 Å². The minimum absolute atomic E-state index is 0.127. The molecule has 5 N–H and O–H groups in total. The zero-order valence-corrected chi connectivity index (χ0v) is 20.9. The summed E-state index contributed by atoms with van der Waals surface area (Å²) in [6.07, 6.45) is 5.16. The third-order valence-electron chi connectivity index (χ3n) is 7.02. The summed E-state index contributed by atoms with van der Waals surface area (Å²) >= 11 is 0. The maximum Gasteiger partial charge on any atom is 0.341 e. The summed E-state index contributed by atoms with van der Waals surface area (Å²) in [5.41, 5.74) is 6.29. The van der Waals surface area contributed by atoms with Gasteiger partial charge in [0.2, 0.25) is 5.43 Å². The van der Waals surface area contributed by atoms with Gasteiger partial charge in [-0.1, -0.05) is 13.8 Å². The number of carboxylic acid groups (broad SMARTS) is 1. The van der Waals surface area contributed by atoms with Gasteiger partial charge in [-0.25, -0.2) is 9.18 Å². The van der Waals surface area contributed by atoms with Gasteiger partial charge in [0, 0.05) is 61.9 Å². The van der Waals surface area contributed by atoms with Gasteiger partial charge in [0.15, 0.2) is 0 Å². The standard InChI is InChI=1S/C26H38FN5O3/c1-15(2)8-17(28)12-29-16(3)11-30-18-6-7-31(13-18)24-10-23-20(9-22(24)27)25(33)21(26(34)35)14-32(23)19-4-5-19/h9-10,14-19,29-30H,4-8,11-13,28H2,1-3H3,(H,34,35)/t16-,17-,18-/m0/s1. The summed E-state index contributed by atoms with van der Waals surface area (Å²) < 4.78 is 17.0. The molecule has 9 heteroatoms. The maximum atomic E-state index is 15.2. The van der Waals surface area contributed by atoms with E-state index in [1.54, 1.807) is 6.07 Å². The quantitative estimate of drug-likeness (QED) is 0.386. The minimum Gasteiger partial charge on any atom is -0.477 e. The fourth-order valence-corrected chi connectivity index (χ4v) is 5.01. The molecule has 2 aromatic rings. The van der Waals surface area contributed by atoms with E-state index in [1.165, 1.54) is 12.3 Å². The van der Waals surface area contributed by atoms with E-state index in [9.17, 15) is 14.7 Å². The molecule has 1 aliphatic carbocycles. The molecule has 1 saturated heterocycles. The normalized spacial score (nSPS) is 20.1. The molecule has 2 heterocycles. The summed E-state index contributed by atoms with van der Waals surface area (Å²) in [6, 6.07) is 3.75. The highest BCUT2D eigenvalue weighted by Gasteiger charge is 2.29. The summed E-state index contributed by atoms with van der Waals surface area (Å²) in [6.45, 7) is 9.44. The van der Waals surface area contributed by atoms with Crippen LogP contribution in [0.25, 0.3) is 10.9 Å². The zero-order chi connectivity index (χ0) is 25.3. The Balaban J connectivity index is 1.43. The number of anilines is 1. The fourth-order valence-electron chi connectivity index (χ4n) is 5.01. The molecular weight excluding hydrogens is 449 g/mol. The number of carbonyl (C=O) groups is 1. The van der Waals surface area contributed by atoms with E-state index in [2.05, 4.69) is 31.4 Å². The second-order valence-corrected chi connectivity index (χ2v) is 10.7. The molecule has 35 heavy (non-hydrogen) atoms. The fraction of sp³-hybridized carbons (Fsp3) is 0.615. The first-order chi connectivity index (χ1) is 16.6. The second-order valence-electron chi connectivity index (χ2n) is 10.7. The van der Waals surface area contributed by atoms with Crippen LogP contribution >= 0.6 is 0 Å². The van der Waals surface area contributed by atoms with Crippen LogP contribution in [0.15, 0.2) is 23.1 Å². The predicted octanol–water partition coefficient (Wildman–Crippen LogP) is 2.69. The van der Waals surface area contributed by atoms with Crippen molar-refractivity contribution < 1.29 is 14.3 Å². The van der Waals surface area contributed by atoms with Crippen molar-refractivity contribution in [1.82, 2.24) is 15.2 Å². The van der Waals surface area contributed by atoms with Crippen molar-refractivity contribution in [1.29, 1.82) is 0 Å². The lowest BCUT2D eigenvalue weighted by Crippen LogP contribution is -2.45. The molecule has 0 spiro atoms. The topological polar surface area (TPSA) is 113 Å². The van der Waals surface area contributed by atoms with Crippen LogP contribution in [0, 0.1) is 11.7 Å². The van der Waals surface area contributed by atoms with E-state index in [-0.39, 0.29) is 35.1 Å². The van der Waals surface area contributed by atoms with Crippen LogP contribution < -0.4 is 26.7 Å². The Bertz CT molecular complexity index is 1130. The monoisotopic (exact) mass is 487 g/mol. The number of nitrogens with two attached hydrogens (primary N) is 1. The van der Waals surface area contributed by atoms with Gasteiger partial charge in [-0.15, -0.1) is 0 Å². The Morgan fingerprint density at radius 1 is 1.23 bits per heavy atom. The highest BCUT2D eigenvalue weighted by atomic mass is 19.1. The van der Waals surface area contributed by atoms with Crippen molar-refractivity contribution >= 4 is 22.6 Å². The van der Waals surface area contributed by atoms with E-state index < -0.39 is 17.2 Å². The van der Waals surface area contributed by atoms with Gasteiger partial charge in [0.25, 0.3) is 0 Å². The molecule has 0 bridgehead atoms. The number of benzene rings is 1. The van der Waals surface area contributed by atoms with Gasteiger partial charge < -0.3 is 30.9 Å². The molecule has 0 amide bonds. The third-order valence-corrected chi connectivity index (χ3v) is 7.02. The van der Waals surface area contributed by atoms with Crippen molar-refractivity contribution in [2.75, 3.05) is 31.1 Å². The number of nitrogens with one attached hydrogen (secondary N) is 2. The van der Waals surface area contributed by atoms with E-state index in [0.29, 0.717) is 30.2 Å². The van der Waals surface area contributed by atoms with Crippen molar-refractivity contribution in [2.24, 2.45) is 11.7 Å². The first-order valence-corrected chi connectivity index (χ1v) is 12.7.